The highest BCUT2D eigenvalue weighted by Crippen LogP contribution is 2.49. The van der Waals surface area contributed by atoms with Crippen molar-refractivity contribution in [2.24, 2.45) is 22.7 Å². The third-order valence-corrected chi connectivity index (χ3v) is 9.17. The summed E-state index contributed by atoms with van der Waals surface area (Å²) in [6.45, 7) is 10.1. The van der Waals surface area contributed by atoms with E-state index < -0.39 is 22.6 Å². The standard InChI is InChI=1S/C29H41F3N2O4/c1-19(2)28(25(35)34-17-21-14-22(29(30,31)32)6-7-24(21)38-18-34)11-8-23(16-28)33-12-9-20(10-13-33)15-27(3,4)26(36)37-5/h6-7,14,19-20,23H,8-13,15-18H2,1-5H3/t23-,28+/m1/s1. The third-order valence-electron chi connectivity index (χ3n) is 9.17. The lowest BCUT2D eigenvalue weighted by atomic mass is 9.74. The molecular formula is C29H41F3N2O4. The van der Waals surface area contributed by atoms with Gasteiger partial charge in [-0.2, -0.15) is 13.2 Å². The number of carbonyl (C=O) groups is 2. The fourth-order valence-electron chi connectivity index (χ4n) is 6.79. The monoisotopic (exact) mass is 538 g/mol. The van der Waals surface area contributed by atoms with Crippen LogP contribution in [0.1, 0.15) is 77.3 Å². The molecule has 0 aromatic heterocycles. The summed E-state index contributed by atoms with van der Waals surface area (Å²) in [6, 6.07) is 3.76. The van der Waals surface area contributed by atoms with E-state index in [4.69, 9.17) is 9.47 Å². The number of esters is 1. The molecule has 6 nitrogen and oxygen atoms in total. The van der Waals surface area contributed by atoms with Crippen molar-refractivity contribution in [1.82, 2.24) is 9.80 Å². The molecule has 1 saturated heterocycles. The van der Waals surface area contributed by atoms with E-state index in [0.717, 1.165) is 63.7 Å². The fourth-order valence-corrected chi connectivity index (χ4v) is 6.79. The Hall–Kier alpha value is -2.29. The zero-order valence-corrected chi connectivity index (χ0v) is 23.2. The molecule has 3 aliphatic rings. The van der Waals surface area contributed by atoms with Crippen LogP contribution in [-0.2, 0) is 27.0 Å². The molecule has 0 spiro atoms. The number of benzene rings is 1. The lowest BCUT2D eigenvalue weighted by Gasteiger charge is -2.41. The summed E-state index contributed by atoms with van der Waals surface area (Å²) in [5, 5.41) is 0. The summed E-state index contributed by atoms with van der Waals surface area (Å²) >= 11 is 0. The van der Waals surface area contributed by atoms with Gasteiger partial charge in [0.15, 0.2) is 6.73 Å². The van der Waals surface area contributed by atoms with E-state index in [2.05, 4.69) is 18.7 Å². The number of piperidine rings is 1. The third kappa shape index (κ3) is 5.68. The first-order chi connectivity index (χ1) is 17.8. The van der Waals surface area contributed by atoms with Crippen molar-refractivity contribution < 1.29 is 32.2 Å². The average molecular weight is 539 g/mol. The molecule has 1 aliphatic carbocycles. The van der Waals surface area contributed by atoms with Gasteiger partial charge in [-0.05, 0) is 95.5 Å². The Kier molecular flexibility index (Phi) is 8.09. The molecular weight excluding hydrogens is 497 g/mol. The smallest absolute Gasteiger partial charge is 0.416 e. The number of methoxy groups -OCH3 is 1. The van der Waals surface area contributed by atoms with Crippen LogP contribution in [0.3, 0.4) is 0 Å². The predicted molar refractivity (Wildman–Crippen MR) is 137 cm³/mol. The molecule has 2 heterocycles. The van der Waals surface area contributed by atoms with Crippen LogP contribution in [0.5, 0.6) is 5.75 Å². The summed E-state index contributed by atoms with van der Waals surface area (Å²) in [4.78, 5) is 30.1. The molecule has 0 bridgehead atoms. The van der Waals surface area contributed by atoms with Crippen LogP contribution >= 0.6 is 0 Å². The highest BCUT2D eigenvalue weighted by Gasteiger charge is 2.51. The number of halogens is 3. The zero-order chi connectivity index (χ0) is 27.9. The Morgan fingerprint density at radius 3 is 2.45 bits per heavy atom. The minimum Gasteiger partial charge on any atom is -0.473 e. The van der Waals surface area contributed by atoms with Gasteiger partial charge in [0, 0.05) is 11.6 Å². The molecule has 1 aromatic rings. The van der Waals surface area contributed by atoms with Gasteiger partial charge >= 0.3 is 12.1 Å². The maximum atomic E-state index is 13.9. The highest BCUT2D eigenvalue weighted by atomic mass is 19.4. The van der Waals surface area contributed by atoms with Gasteiger partial charge in [0.2, 0.25) is 5.91 Å². The lowest BCUT2D eigenvalue weighted by molar-refractivity contribution is -0.152. The number of hydrogen-bond donors (Lipinski definition) is 0. The maximum absolute atomic E-state index is 13.9. The normalized spacial score (nSPS) is 25.3. The van der Waals surface area contributed by atoms with Crippen molar-refractivity contribution >= 4 is 11.9 Å². The number of carbonyl (C=O) groups excluding carboxylic acids is 2. The number of amides is 1. The minimum absolute atomic E-state index is 0.0206. The highest BCUT2D eigenvalue weighted by molar-refractivity contribution is 5.83. The summed E-state index contributed by atoms with van der Waals surface area (Å²) < 4.78 is 50.5. The van der Waals surface area contributed by atoms with E-state index in [9.17, 15) is 22.8 Å². The first-order valence-corrected chi connectivity index (χ1v) is 13.7. The van der Waals surface area contributed by atoms with Crippen molar-refractivity contribution in [1.29, 1.82) is 0 Å². The van der Waals surface area contributed by atoms with E-state index in [0.29, 0.717) is 23.3 Å². The molecule has 1 aromatic carbocycles. The Labute approximate surface area is 223 Å². The van der Waals surface area contributed by atoms with Crippen LogP contribution in [0.2, 0.25) is 0 Å². The Bertz CT molecular complexity index is 1030. The van der Waals surface area contributed by atoms with E-state index in [1.807, 2.05) is 13.8 Å². The summed E-state index contributed by atoms with van der Waals surface area (Å²) in [5.41, 5.74) is -1.39. The maximum Gasteiger partial charge on any atom is 0.416 e. The fraction of sp³-hybridized carbons (Fsp3) is 0.724. The van der Waals surface area contributed by atoms with Crippen LogP contribution in [0.15, 0.2) is 18.2 Å². The number of alkyl halides is 3. The van der Waals surface area contributed by atoms with Crippen LogP contribution in [0.25, 0.3) is 0 Å². The first-order valence-electron chi connectivity index (χ1n) is 13.7. The van der Waals surface area contributed by atoms with Crippen LogP contribution in [0, 0.1) is 22.7 Å². The SMILES string of the molecule is COC(=O)C(C)(C)CC1CCN([C@@H]2CC[C@@](C(=O)N3COc4ccc(C(F)(F)F)cc4C3)(C(C)C)C2)CC1. The zero-order valence-electron chi connectivity index (χ0n) is 23.2. The number of hydrogen-bond acceptors (Lipinski definition) is 5. The van der Waals surface area contributed by atoms with Gasteiger partial charge in [0.05, 0.1) is 30.0 Å². The molecule has 212 valence electrons. The van der Waals surface area contributed by atoms with Gasteiger partial charge < -0.3 is 19.3 Å². The van der Waals surface area contributed by atoms with Crippen LogP contribution in [-0.4, -0.2) is 54.6 Å². The molecule has 2 fully saturated rings. The van der Waals surface area contributed by atoms with Crippen LogP contribution in [0.4, 0.5) is 13.2 Å². The average Bonchev–Trinajstić information content (AvgIpc) is 3.33. The van der Waals surface area contributed by atoms with Gasteiger partial charge in [0.1, 0.15) is 5.75 Å². The molecule has 0 N–H and O–H groups in total. The molecule has 9 heteroatoms. The van der Waals surface area contributed by atoms with E-state index >= 15 is 0 Å². The summed E-state index contributed by atoms with van der Waals surface area (Å²) in [5.74, 6) is 0.776. The number of ether oxygens (including phenoxy) is 2. The van der Waals surface area contributed by atoms with Gasteiger partial charge in [0.25, 0.3) is 0 Å². The van der Waals surface area contributed by atoms with Crippen molar-refractivity contribution in [3.05, 3.63) is 29.3 Å². The molecule has 0 radical (unpaired) electrons. The van der Waals surface area contributed by atoms with E-state index in [1.165, 1.54) is 13.2 Å². The number of nitrogens with zero attached hydrogens (tertiary/aromatic N) is 2. The predicted octanol–water partition coefficient (Wildman–Crippen LogP) is 5.88. The van der Waals surface area contributed by atoms with Crippen molar-refractivity contribution in [2.45, 2.75) is 85.0 Å². The van der Waals surface area contributed by atoms with Crippen molar-refractivity contribution in [3.63, 3.8) is 0 Å². The quantitative estimate of drug-likeness (QED) is 0.424. The summed E-state index contributed by atoms with van der Waals surface area (Å²) in [6.07, 6.45) is 0.811. The lowest BCUT2D eigenvalue weighted by Crippen LogP contribution is -2.49. The minimum atomic E-state index is -4.44. The molecule has 38 heavy (non-hydrogen) atoms. The molecule has 1 saturated carbocycles. The second kappa shape index (κ2) is 10.7. The second-order valence-corrected chi connectivity index (χ2v) is 12.4. The molecule has 2 aliphatic heterocycles. The van der Waals surface area contributed by atoms with Crippen molar-refractivity contribution in [3.8, 4) is 5.75 Å². The molecule has 0 unspecified atom stereocenters. The number of rotatable bonds is 6. The molecule has 1 amide bonds. The van der Waals surface area contributed by atoms with E-state index in [1.54, 1.807) is 4.90 Å². The largest absolute Gasteiger partial charge is 0.473 e. The van der Waals surface area contributed by atoms with Crippen molar-refractivity contribution in [2.75, 3.05) is 26.9 Å². The van der Waals surface area contributed by atoms with E-state index in [-0.39, 0.29) is 31.1 Å². The Morgan fingerprint density at radius 1 is 1.16 bits per heavy atom. The van der Waals surface area contributed by atoms with Gasteiger partial charge in [-0.25, -0.2) is 0 Å². The van der Waals surface area contributed by atoms with Crippen LogP contribution < -0.4 is 4.74 Å². The molecule has 2 atom stereocenters. The topological polar surface area (TPSA) is 59.1 Å². The second-order valence-electron chi connectivity index (χ2n) is 12.4. The Morgan fingerprint density at radius 2 is 1.84 bits per heavy atom. The number of fused-ring (bicyclic) bond motifs is 1. The number of likely N-dealkylation sites (tertiary alicyclic amines) is 1. The first kappa shape index (κ1) is 28.7. The van der Waals surface area contributed by atoms with Gasteiger partial charge in [-0.1, -0.05) is 13.8 Å². The van der Waals surface area contributed by atoms with Gasteiger partial charge in [-0.15, -0.1) is 0 Å². The summed E-state index contributed by atoms with van der Waals surface area (Å²) in [7, 11) is 1.43. The van der Waals surface area contributed by atoms with Gasteiger partial charge in [-0.3, -0.25) is 9.59 Å². The Balaban J connectivity index is 1.40. The molecule has 4 rings (SSSR count).